The van der Waals surface area contributed by atoms with E-state index in [4.69, 9.17) is 20.8 Å². The first-order valence-electron chi connectivity index (χ1n) is 31.0. The van der Waals surface area contributed by atoms with Gasteiger partial charge in [-0.05, 0) is 139 Å². The van der Waals surface area contributed by atoms with Gasteiger partial charge in [0.05, 0.1) is 54.5 Å². The maximum absolute atomic E-state index is 12.9. The van der Waals surface area contributed by atoms with E-state index < -0.39 is 211 Å². The van der Waals surface area contributed by atoms with Crippen LogP contribution in [-0.4, -0.2) is 86.6 Å². The van der Waals surface area contributed by atoms with Crippen LogP contribution in [0, 0.1) is 72.0 Å². The van der Waals surface area contributed by atoms with Crippen molar-refractivity contribution in [3.63, 3.8) is 0 Å². The number of carbonyl (C=O) groups excluding carboxylic acids is 1. The van der Waals surface area contributed by atoms with Gasteiger partial charge in [0.15, 0.2) is 77.2 Å². The number of carboxylic acid groups (broad SMARTS) is 1. The van der Waals surface area contributed by atoms with E-state index >= 15 is 0 Å². The third-order valence-electron chi connectivity index (χ3n) is 13.4. The molecule has 0 bridgehead atoms. The molecule has 61 heteroatoms. The van der Waals surface area contributed by atoms with Crippen LogP contribution in [0.25, 0.3) is 10.8 Å². The number of hydrogen-bond donors (Lipinski definition) is 0. The second-order valence-corrected chi connectivity index (χ2v) is 32.4. The van der Waals surface area contributed by atoms with Crippen LogP contribution in [0.2, 0.25) is 0 Å². The van der Waals surface area contributed by atoms with Gasteiger partial charge in [-0.2, -0.15) is 79.0 Å². The first-order valence-corrected chi connectivity index (χ1v) is 39.9. The molecular weight excluding hydrogens is 1970 g/mol. The molecule has 0 saturated heterocycles. The van der Waals surface area contributed by atoms with Crippen molar-refractivity contribution in [2.24, 2.45) is 0 Å². The number of rotatable bonds is 7. The topological polar surface area (TPSA) is 269 Å². The van der Waals surface area contributed by atoms with Gasteiger partial charge in [-0.1, -0.05) is 95.5 Å². The maximum atomic E-state index is 12.9. The molecule has 0 N–H and O–H groups in total. The first kappa shape index (κ1) is 118. The smallest absolute Gasteiger partial charge is 0.485 e. The van der Waals surface area contributed by atoms with Crippen molar-refractivity contribution >= 4 is 110 Å². The quantitative estimate of drug-likeness (QED) is 0.0210. The monoisotopic (exact) mass is 2010 g/mol. The maximum Gasteiger partial charge on any atom is 0.485 e. The van der Waals surface area contributed by atoms with Gasteiger partial charge >= 0.3 is 76.9 Å². The van der Waals surface area contributed by atoms with Gasteiger partial charge in [0, 0.05) is 0 Å². The Morgan fingerprint density at radius 3 is 0.867 bits per heavy atom. The van der Waals surface area contributed by atoms with Crippen molar-refractivity contribution < 1.29 is 228 Å². The summed E-state index contributed by atoms with van der Waals surface area (Å²) in [6, 6.07) is 38.3. The summed E-state index contributed by atoms with van der Waals surface area (Å²) in [5, 5.41) is 11.8. The number of carbonyl (C=O) groups is 1. The molecule has 0 saturated carbocycles. The Labute approximate surface area is 699 Å². The molecule has 0 aliphatic carbocycles. The Morgan fingerprint density at radius 1 is 0.352 bits per heavy atom. The summed E-state index contributed by atoms with van der Waals surface area (Å²) < 4.78 is 550. The summed E-state index contributed by atoms with van der Waals surface area (Å²) in [4.78, 5) is 9.43. The predicted octanol–water partition coefficient (Wildman–Crippen LogP) is 17.1. The number of halogens is 38. The van der Waals surface area contributed by atoms with Crippen molar-refractivity contribution in [3.8, 4) is 0 Å². The van der Waals surface area contributed by atoms with E-state index in [1.807, 2.05) is 50.2 Å². The second kappa shape index (κ2) is 44.5. The summed E-state index contributed by atoms with van der Waals surface area (Å²) in [6.45, 7) is 3.72. The Balaban J connectivity index is 0.00000145. The Morgan fingerprint density at radius 2 is 0.602 bits per heavy atom. The van der Waals surface area contributed by atoms with Crippen molar-refractivity contribution in [2.45, 2.75) is 79.6 Å². The Kier molecular flexibility index (Phi) is 41.0. The molecule has 0 heterocycles. The van der Waals surface area contributed by atoms with E-state index in [2.05, 4.69) is 7.85 Å². The Hall–Kier alpha value is -10.1. The molecular formula is C67H36B3F38O14PS5-6. The van der Waals surface area contributed by atoms with Gasteiger partial charge in [0.1, 0.15) is 50.9 Å². The van der Waals surface area contributed by atoms with E-state index in [1.54, 1.807) is 30.3 Å². The minimum atomic E-state index is -10.7. The van der Waals surface area contributed by atoms with Crippen molar-refractivity contribution in [2.75, 3.05) is 0 Å². The van der Waals surface area contributed by atoms with Gasteiger partial charge in [-0.15, -0.1) is 0 Å². The molecule has 14 nitrogen and oxygen atoms in total. The van der Waals surface area contributed by atoms with E-state index in [1.165, 1.54) is 48.5 Å². The van der Waals surface area contributed by atoms with Crippen molar-refractivity contribution in [3.05, 3.63) is 285 Å². The first-order chi connectivity index (χ1) is 56.7. The summed E-state index contributed by atoms with van der Waals surface area (Å²) in [5.41, 5.74) is -11.2. The van der Waals surface area contributed by atoms with E-state index in [-0.39, 0.29) is 26.1 Å². The second-order valence-electron chi connectivity index (χ2n) is 23.0. The van der Waals surface area contributed by atoms with Crippen LogP contribution in [0.5, 0.6) is 0 Å². The molecule has 0 aromatic heterocycles. The molecule has 128 heavy (non-hydrogen) atoms. The van der Waals surface area contributed by atoms with Gasteiger partial charge < -0.3 is 32.8 Å². The average Bonchev–Trinajstić information content (AvgIpc) is 0.847. The standard InChI is InChI=1S/C21H15F6S.C10H8O3S.C8H3BF6.C8H5F3O2.C7H8O3S.C6BF5.C6HF5O3S.CHF3O3S.BF3.F6P.FH/c1-14-2-8-17(9-3-14)28(18-10-4-15(5-11-18)20(22,23)24)19-12-6-16(7-13-19)21(25,26)27;11-14(12,13)10-6-5-8-3-1-2-4-9(8)7-10;9-6-2-4(7(10,11)12)1-5(3-6)8(13,14)15;9-8(10,11)6-3-1-5(2-4-6)7(12)13;1-6-2-4-7(5-3-6)11(8,9)10;7-1-2(8)4(10)6(12)5(11)3(1)9;7-1-2(8)4(10)6(15(12,13)14)5(11)3(1)9;2-1(3,4)8(5,6)7;2-1(3)4;1-7(2,3,4,5)6;/h2-13H,1H3;1-7H,(H,11,12,13);1-3H;1-4H,(H,12,13);2-5H,1H3,(H,8,9,10);;(H,12,13,14);(H,5,6,7);;;1H/q+1;;;;;;;;;-1;/p-6. The van der Waals surface area contributed by atoms with Crippen LogP contribution in [0.1, 0.15) is 49.3 Å². The van der Waals surface area contributed by atoms with E-state index in [0.717, 1.165) is 63.2 Å². The minimum Gasteiger partial charge on any atom is -1.00 e. The third kappa shape index (κ3) is 41.1. The SMILES string of the molecule is Cc1ccc(S(=O)(=O)[O-])cc1.Cc1ccc([S+](c2ccc(C(F)(F)F)cc2)c2ccc(C(F)(F)F)cc2)cc1.FB(F)F.F[P-](F)(F)(F)(F)F.O=C([O-])c1ccc(C(F)(F)F)cc1.O=S(=O)([O-])C(F)(F)F.O=S(=O)([O-])c1c(F)c(F)c(F)c(F)c1F.O=S(=O)([O-])c1ccc2ccccc2c1.[B]c1c(F)c(F)c(F)c(F)c1F.[B]c1cc(C(F)(F)F)cc(C(F)(F)F)c1.[F-]. The summed E-state index contributed by atoms with van der Waals surface area (Å²) in [7, 11) is -26.1. The zero-order valence-corrected chi connectivity index (χ0v) is 66.1. The van der Waals surface area contributed by atoms with Crippen LogP contribution < -0.4 is 20.7 Å². The normalized spacial score (nSPS) is 12.4. The fraction of sp³-hybridized carbons (Fsp3) is 0.119. The van der Waals surface area contributed by atoms with Crippen LogP contribution in [0.15, 0.2) is 211 Å². The molecule has 704 valence electrons. The number of alkyl halides is 18. The molecule has 10 rings (SSSR count). The number of hydrogen-bond acceptors (Lipinski definition) is 14. The molecule has 0 aliphatic heterocycles. The molecule has 4 radical (unpaired) electrons. The number of benzene rings is 10. The van der Waals surface area contributed by atoms with Crippen molar-refractivity contribution in [1.29, 1.82) is 0 Å². The molecule has 0 amide bonds. The summed E-state index contributed by atoms with van der Waals surface area (Å²) in [6.07, 6.45) is -23.0. The van der Waals surface area contributed by atoms with Crippen LogP contribution >= 0.6 is 7.81 Å². The Bertz CT molecular complexity index is 5670. The predicted molar refractivity (Wildman–Crippen MR) is 369 cm³/mol. The molecule has 10 aromatic carbocycles. The van der Waals surface area contributed by atoms with Crippen LogP contribution in [-0.2, 0) is 82.2 Å². The number of aromatic carboxylic acids is 1. The minimum absolute atomic E-state index is 0. The fourth-order valence-corrected chi connectivity index (χ4v) is 11.5. The van der Waals surface area contributed by atoms with Crippen LogP contribution in [0.4, 0.5) is 161 Å². The van der Waals surface area contributed by atoms with Crippen LogP contribution in [0.3, 0.4) is 0 Å². The van der Waals surface area contributed by atoms with Gasteiger partial charge in [-0.25, -0.2) is 77.6 Å². The number of aryl methyl sites for hydroxylation is 2. The zero-order valence-electron chi connectivity index (χ0n) is 61.1. The molecule has 0 atom stereocenters. The molecule has 0 unspecified atom stereocenters. The van der Waals surface area contributed by atoms with Gasteiger partial charge in [0.2, 0.25) is 5.82 Å². The zero-order chi connectivity index (χ0) is 99.5. The number of carboxylic acids is 1. The van der Waals surface area contributed by atoms with E-state index in [0.29, 0.717) is 34.1 Å². The molecule has 10 aromatic rings. The summed E-state index contributed by atoms with van der Waals surface area (Å²) in [5.74, 6) is -24.6. The third-order valence-corrected chi connectivity index (χ3v) is 18.8. The molecule has 0 aliphatic rings. The molecule has 0 spiro atoms. The summed E-state index contributed by atoms with van der Waals surface area (Å²) >= 11 is 0. The van der Waals surface area contributed by atoms with Gasteiger partial charge in [-0.3, -0.25) is 12.9 Å². The molecule has 0 fully saturated rings. The number of fused-ring (bicyclic) bond motifs is 1. The van der Waals surface area contributed by atoms with E-state index in [9.17, 15) is 210 Å². The van der Waals surface area contributed by atoms with Gasteiger partial charge in [0.25, 0.3) is 0 Å². The largest absolute Gasteiger partial charge is 1.00 e. The fourth-order valence-electron chi connectivity index (χ4n) is 7.87. The van der Waals surface area contributed by atoms with Crippen molar-refractivity contribution in [1.82, 2.24) is 0 Å². The average molecular weight is 2010 g/mol.